The average molecular weight is 823 g/mol. The molecule has 7 rings (SSSR count). The van der Waals surface area contributed by atoms with E-state index in [0.29, 0.717) is 54.9 Å². The Morgan fingerprint density at radius 2 is 1.75 bits per heavy atom. The number of aliphatic hydroxyl groups excluding tert-OH is 2. The fourth-order valence-corrected chi connectivity index (χ4v) is 12.8. The molecule has 5 unspecified atom stereocenters. The van der Waals surface area contributed by atoms with Gasteiger partial charge in [0.15, 0.2) is 0 Å². The Kier molecular flexibility index (Phi) is 12.7. The number of nitrogens with one attached hydrogen (secondary N) is 2. The number of benzene rings is 1. The number of amides is 3. The molecule has 4 N–H and O–H groups in total. The molecular weight excluding hydrogens is 761 g/mol. The van der Waals surface area contributed by atoms with Gasteiger partial charge in [-0.2, -0.15) is 0 Å². The molecule has 4 saturated carbocycles. The van der Waals surface area contributed by atoms with Crippen LogP contribution in [0.3, 0.4) is 0 Å². The monoisotopic (exact) mass is 822 g/mol. The number of ether oxygens (including phenoxy) is 1. The molecule has 12 atom stereocenters. The Balaban J connectivity index is 0.936. The molecule has 1 saturated heterocycles. The highest BCUT2D eigenvalue weighted by Gasteiger charge is 2.63. The van der Waals surface area contributed by atoms with Crippen molar-refractivity contribution < 1.29 is 43.7 Å². The minimum atomic E-state index is -0.851. The summed E-state index contributed by atoms with van der Waals surface area (Å²) in [7, 11) is 1.24. The van der Waals surface area contributed by atoms with Crippen LogP contribution in [0.15, 0.2) is 16.8 Å². The van der Waals surface area contributed by atoms with Gasteiger partial charge in [0.05, 0.1) is 24.2 Å². The summed E-state index contributed by atoms with van der Waals surface area (Å²) >= 11 is 0. The number of nitrogens with zero attached hydrogens (tertiary/aromatic N) is 4. The lowest BCUT2D eigenvalue weighted by Crippen LogP contribution is -2.58. The normalized spacial score (nSPS) is 34.3. The van der Waals surface area contributed by atoms with E-state index in [1.165, 1.54) is 13.2 Å². The number of nitro groups is 1. The van der Waals surface area contributed by atoms with E-state index in [1.807, 2.05) is 0 Å². The zero-order valence-electron chi connectivity index (χ0n) is 34.9. The summed E-state index contributed by atoms with van der Waals surface area (Å²) in [6.07, 6.45) is 10.2. The van der Waals surface area contributed by atoms with E-state index in [2.05, 4.69) is 41.7 Å². The van der Waals surface area contributed by atoms with Gasteiger partial charge in [0.1, 0.15) is 18.1 Å². The Morgan fingerprint density at radius 3 is 2.51 bits per heavy atom. The number of unbranched alkanes of at least 4 members (excludes halogenated alkanes) is 1. The number of non-ortho nitro benzene ring substituents is 1. The molecule has 324 valence electrons. The summed E-state index contributed by atoms with van der Waals surface area (Å²) in [4.78, 5) is 64.7. The second-order valence-corrected chi connectivity index (χ2v) is 19.0. The van der Waals surface area contributed by atoms with Crippen LogP contribution in [0.5, 0.6) is 0 Å². The summed E-state index contributed by atoms with van der Waals surface area (Å²) in [6, 6.07) is 1.69. The van der Waals surface area contributed by atoms with Crippen molar-refractivity contribution in [3.63, 3.8) is 0 Å². The molecule has 1 aromatic heterocycles. The molecule has 5 fully saturated rings. The lowest BCUT2D eigenvalue weighted by atomic mass is 9.43. The number of aromatic nitrogens is 2. The number of rotatable bonds is 14. The molecule has 0 radical (unpaired) electrons. The van der Waals surface area contributed by atoms with Crippen LogP contribution in [-0.4, -0.2) is 98.5 Å². The van der Waals surface area contributed by atoms with Gasteiger partial charge in [-0.3, -0.25) is 29.3 Å². The minimum absolute atomic E-state index is 0.0722. The van der Waals surface area contributed by atoms with Crippen LogP contribution in [0.2, 0.25) is 0 Å². The molecule has 4 aliphatic carbocycles. The minimum Gasteiger partial charge on any atom is -0.468 e. The smallest absolute Gasteiger partial charge is 0.325 e. The third kappa shape index (κ3) is 8.44. The number of nitro benzene ring substituents is 1. The number of hydrogen-bond donors (Lipinski definition) is 4. The number of carbonyl (C=O) groups is 4. The van der Waals surface area contributed by atoms with Crippen molar-refractivity contribution in [2.45, 2.75) is 141 Å². The summed E-state index contributed by atoms with van der Waals surface area (Å²) in [5.41, 5.74) is 1.20. The van der Waals surface area contributed by atoms with E-state index in [0.717, 1.165) is 56.9 Å². The first-order valence-electron chi connectivity index (χ1n) is 21.8. The number of fused-ring (bicyclic) bond motifs is 6. The van der Waals surface area contributed by atoms with Crippen LogP contribution < -0.4 is 10.6 Å². The van der Waals surface area contributed by atoms with Crippen LogP contribution in [0.4, 0.5) is 5.69 Å². The van der Waals surface area contributed by atoms with E-state index in [9.17, 15) is 39.5 Å². The van der Waals surface area contributed by atoms with Crippen molar-refractivity contribution in [1.82, 2.24) is 25.8 Å². The fraction of sp³-hybridized carbons (Fsp3) is 0.767. The van der Waals surface area contributed by atoms with Gasteiger partial charge < -0.3 is 30.5 Å². The lowest BCUT2D eigenvalue weighted by molar-refractivity contribution is -0.383. The predicted octanol–water partition coefficient (Wildman–Crippen LogP) is 4.63. The molecule has 0 bridgehead atoms. The molecule has 2 heterocycles. The number of likely N-dealkylation sites (tertiary alicyclic amines) is 1. The number of aryl methyl sites for hydroxylation is 1. The number of hydrogen-bond acceptors (Lipinski definition) is 12. The van der Waals surface area contributed by atoms with E-state index in [4.69, 9.17) is 9.37 Å². The van der Waals surface area contributed by atoms with Crippen molar-refractivity contribution in [3.8, 4) is 0 Å². The third-order valence-corrected chi connectivity index (χ3v) is 15.9. The number of carbonyl (C=O) groups excluding carboxylic acids is 4. The Bertz CT molecular complexity index is 1910. The molecule has 16 nitrogen and oxygen atoms in total. The fourth-order valence-electron chi connectivity index (χ4n) is 12.8. The van der Waals surface area contributed by atoms with Gasteiger partial charge in [-0.05, 0) is 152 Å². The Morgan fingerprint density at radius 1 is 1.00 bits per heavy atom. The maximum atomic E-state index is 14.0. The van der Waals surface area contributed by atoms with E-state index >= 15 is 0 Å². The molecule has 0 spiro atoms. The van der Waals surface area contributed by atoms with Crippen molar-refractivity contribution in [2.75, 3.05) is 20.2 Å². The summed E-state index contributed by atoms with van der Waals surface area (Å²) in [5.74, 6) is 0.754. The number of esters is 1. The SMILES string of the molecule is COC(=O)CNC(=O)[C@@H]1C[C@H](NC(=O)CCCCc2ccc([N+](=O)[O-])c3nonc23)CN1C(=O)CC[C@@H](C)[C@H]1CCC2C3C(O)CC4C[C@H](O)CC[C@]4(C)C3CC[C@@]21C. The van der Waals surface area contributed by atoms with Crippen LogP contribution >= 0.6 is 0 Å². The van der Waals surface area contributed by atoms with Gasteiger partial charge in [-0.1, -0.05) is 20.8 Å². The van der Waals surface area contributed by atoms with Crippen molar-refractivity contribution in [1.29, 1.82) is 0 Å². The number of methoxy groups -OCH3 is 1. The van der Waals surface area contributed by atoms with Crippen LogP contribution in [0.25, 0.3) is 11.0 Å². The molecular formula is C43H62N6O10. The molecule has 3 amide bonds. The first-order chi connectivity index (χ1) is 28.1. The highest BCUT2D eigenvalue weighted by atomic mass is 16.6. The second-order valence-electron chi connectivity index (χ2n) is 19.0. The van der Waals surface area contributed by atoms with E-state index < -0.39 is 28.9 Å². The quantitative estimate of drug-likeness (QED) is 0.0886. The zero-order chi connectivity index (χ0) is 42.2. The van der Waals surface area contributed by atoms with Crippen LogP contribution in [0.1, 0.15) is 116 Å². The summed E-state index contributed by atoms with van der Waals surface area (Å²) in [5, 5.41) is 46.6. The lowest BCUT2D eigenvalue weighted by Gasteiger charge is -2.62. The largest absolute Gasteiger partial charge is 0.468 e. The van der Waals surface area contributed by atoms with Crippen LogP contribution in [0, 0.1) is 56.5 Å². The molecule has 1 aliphatic heterocycles. The standard InChI is InChI=1S/C43H62N6O10/c1-24(29-11-12-30-38-31(16-18-43(29,30)3)42(2)17-15-28(50)19-26(42)20-34(38)51)9-14-36(53)48-23-27(21-33(48)41(55)44-22-37(54)58-4)45-35(52)8-6-5-7-25-10-13-32(49(56)57)40-39(25)46-59-47-40/h10,13,24,26-31,33-34,38,50-51H,5-9,11-12,14-23H2,1-4H3,(H,44,55)(H,45,52)/t24-,26?,27+,28-,29-,30?,31?,33+,34?,38?,42+,43-/m1/s1. The summed E-state index contributed by atoms with van der Waals surface area (Å²) < 4.78 is 9.44. The maximum Gasteiger partial charge on any atom is 0.325 e. The van der Waals surface area contributed by atoms with Gasteiger partial charge in [0.2, 0.25) is 23.2 Å². The van der Waals surface area contributed by atoms with E-state index in [-0.39, 0.29) is 90.2 Å². The topological polar surface area (TPSA) is 227 Å². The second kappa shape index (κ2) is 17.4. The molecule has 16 heteroatoms. The molecule has 1 aromatic carbocycles. The van der Waals surface area contributed by atoms with Crippen LogP contribution in [-0.2, 0) is 30.3 Å². The third-order valence-electron chi connectivity index (χ3n) is 15.9. The molecule has 2 aromatic rings. The van der Waals surface area contributed by atoms with Gasteiger partial charge >= 0.3 is 11.7 Å². The van der Waals surface area contributed by atoms with Gasteiger partial charge in [-0.15, -0.1) is 0 Å². The number of aliphatic hydroxyl groups is 2. The first kappa shape index (κ1) is 42.9. The Hall–Kier alpha value is -4.18. The molecule has 59 heavy (non-hydrogen) atoms. The average Bonchev–Trinajstić information content (AvgIpc) is 3.95. The van der Waals surface area contributed by atoms with Gasteiger partial charge in [-0.25, -0.2) is 4.63 Å². The van der Waals surface area contributed by atoms with Gasteiger partial charge in [0.25, 0.3) is 0 Å². The van der Waals surface area contributed by atoms with Gasteiger partial charge in [0, 0.05) is 31.5 Å². The predicted molar refractivity (Wildman–Crippen MR) is 214 cm³/mol. The maximum absolute atomic E-state index is 14.0. The molecule has 5 aliphatic rings. The first-order valence-corrected chi connectivity index (χ1v) is 21.8. The van der Waals surface area contributed by atoms with E-state index in [1.54, 1.807) is 11.0 Å². The Labute approximate surface area is 345 Å². The van der Waals surface area contributed by atoms with Crippen molar-refractivity contribution >= 4 is 40.4 Å². The highest BCUT2D eigenvalue weighted by Crippen LogP contribution is 2.68. The van der Waals surface area contributed by atoms with Crippen molar-refractivity contribution in [2.24, 2.45) is 46.3 Å². The highest BCUT2D eigenvalue weighted by molar-refractivity contribution is 5.90. The van der Waals surface area contributed by atoms with Crippen molar-refractivity contribution in [3.05, 3.63) is 27.8 Å². The summed E-state index contributed by atoms with van der Waals surface area (Å²) in [6.45, 7) is 6.95. The zero-order valence-corrected chi connectivity index (χ0v) is 34.9.